The molecule has 1 aromatic carbocycles. The molecule has 0 saturated heterocycles. The Labute approximate surface area is 111 Å². The number of pyridine rings is 1. The summed E-state index contributed by atoms with van der Waals surface area (Å²) in [5, 5.41) is 10.3. The Bertz CT molecular complexity index is 545. The fraction of sp³-hybridized carbons (Fsp3) is 0.267. The molecule has 4 heteroatoms. The highest BCUT2D eigenvalue weighted by molar-refractivity contribution is 5.31. The van der Waals surface area contributed by atoms with Crippen molar-refractivity contribution in [3.05, 3.63) is 59.7 Å². The van der Waals surface area contributed by atoms with E-state index in [9.17, 15) is 9.50 Å². The summed E-state index contributed by atoms with van der Waals surface area (Å²) in [6.45, 7) is 1.82. The molecule has 0 fully saturated rings. The van der Waals surface area contributed by atoms with Gasteiger partial charge in [-0.15, -0.1) is 0 Å². The van der Waals surface area contributed by atoms with Crippen molar-refractivity contribution >= 4 is 0 Å². The average Bonchev–Trinajstić information content (AvgIpc) is 2.46. The average molecular weight is 261 g/mol. The molecule has 0 aliphatic carbocycles. The van der Waals surface area contributed by atoms with Crippen LogP contribution in [0.3, 0.4) is 0 Å². The minimum Gasteiger partial charge on any atom is -0.497 e. The predicted molar refractivity (Wildman–Crippen MR) is 70.6 cm³/mol. The number of ether oxygens (including phenoxy) is 1. The number of benzene rings is 1. The molecule has 2 unspecified atom stereocenters. The van der Waals surface area contributed by atoms with Gasteiger partial charge in [0, 0.05) is 29.4 Å². The van der Waals surface area contributed by atoms with Gasteiger partial charge in [0.1, 0.15) is 11.6 Å². The van der Waals surface area contributed by atoms with Crippen LogP contribution >= 0.6 is 0 Å². The van der Waals surface area contributed by atoms with Crippen LogP contribution < -0.4 is 4.74 Å². The molecule has 2 aromatic rings. The van der Waals surface area contributed by atoms with Crippen molar-refractivity contribution in [2.24, 2.45) is 0 Å². The highest BCUT2D eigenvalue weighted by atomic mass is 19.1. The number of aliphatic hydroxyl groups excluding tert-OH is 1. The summed E-state index contributed by atoms with van der Waals surface area (Å²) in [5.74, 6) is -0.335. The molecule has 1 aromatic heterocycles. The van der Waals surface area contributed by atoms with Crippen LogP contribution in [0.1, 0.15) is 30.2 Å². The van der Waals surface area contributed by atoms with Crippen molar-refractivity contribution in [3.8, 4) is 5.75 Å². The summed E-state index contributed by atoms with van der Waals surface area (Å²) >= 11 is 0. The number of rotatable bonds is 4. The van der Waals surface area contributed by atoms with Crippen molar-refractivity contribution in [2.75, 3.05) is 7.11 Å². The molecule has 0 aliphatic rings. The third-order valence-electron chi connectivity index (χ3n) is 3.15. The second kappa shape index (κ2) is 5.80. The minimum absolute atomic E-state index is 0.249. The highest BCUT2D eigenvalue weighted by Gasteiger charge is 2.22. The van der Waals surface area contributed by atoms with E-state index in [2.05, 4.69) is 4.98 Å². The molecule has 0 spiro atoms. The van der Waals surface area contributed by atoms with Gasteiger partial charge in [0.2, 0.25) is 0 Å². The molecule has 19 heavy (non-hydrogen) atoms. The Morgan fingerprint density at radius 3 is 2.63 bits per heavy atom. The van der Waals surface area contributed by atoms with Crippen LogP contribution in [0, 0.1) is 5.82 Å². The Morgan fingerprint density at radius 1 is 1.26 bits per heavy atom. The van der Waals surface area contributed by atoms with Gasteiger partial charge in [-0.25, -0.2) is 4.39 Å². The van der Waals surface area contributed by atoms with Gasteiger partial charge < -0.3 is 9.84 Å². The molecule has 2 rings (SSSR count). The lowest BCUT2D eigenvalue weighted by Gasteiger charge is -2.19. The third kappa shape index (κ3) is 2.90. The van der Waals surface area contributed by atoms with Crippen molar-refractivity contribution in [1.29, 1.82) is 0 Å². The summed E-state index contributed by atoms with van der Waals surface area (Å²) in [6, 6.07) is 9.90. The first-order valence-electron chi connectivity index (χ1n) is 6.06. The Kier molecular flexibility index (Phi) is 4.12. The van der Waals surface area contributed by atoms with Gasteiger partial charge >= 0.3 is 0 Å². The molecule has 2 atom stereocenters. The Morgan fingerprint density at radius 2 is 2.05 bits per heavy atom. The zero-order valence-electron chi connectivity index (χ0n) is 10.9. The maximum absolute atomic E-state index is 13.9. The van der Waals surface area contributed by atoms with E-state index >= 15 is 0 Å². The molecule has 3 nitrogen and oxygen atoms in total. The molecule has 1 heterocycles. The second-order valence-corrected chi connectivity index (χ2v) is 4.38. The van der Waals surface area contributed by atoms with Gasteiger partial charge in [0.15, 0.2) is 0 Å². The standard InChI is InChI=1S/C15H16FNO2/c1-10(14-5-3-4-8-17-14)15(18)12-7-6-11(19-2)9-13(12)16/h3-10,15,18H,1-2H3. The molecule has 1 N–H and O–H groups in total. The fourth-order valence-electron chi connectivity index (χ4n) is 1.95. The van der Waals surface area contributed by atoms with Gasteiger partial charge in [0.05, 0.1) is 13.2 Å². The van der Waals surface area contributed by atoms with Crippen LogP contribution in [0.5, 0.6) is 5.75 Å². The van der Waals surface area contributed by atoms with E-state index in [4.69, 9.17) is 4.74 Å². The summed E-state index contributed by atoms with van der Waals surface area (Å²) in [6.07, 6.45) is 0.712. The van der Waals surface area contributed by atoms with Crippen LogP contribution in [0.2, 0.25) is 0 Å². The summed E-state index contributed by atoms with van der Waals surface area (Å²) in [7, 11) is 1.47. The van der Waals surface area contributed by atoms with Crippen molar-refractivity contribution in [2.45, 2.75) is 18.9 Å². The normalized spacial score (nSPS) is 13.9. The third-order valence-corrected chi connectivity index (χ3v) is 3.15. The number of aliphatic hydroxyl groups is 1. The van der Waals surface area contributed by atoms with Crippen LogP contribution in [0.25, 0.3) is 0 Å². The van der Waals surface area contributed by atoms with E-state index in [1.165, 1.54) is 19.2 Å². The first-order valence-corrected chi connectivity index (χ1v) is 6.06. The smallest absolute Gasteiger partial charge is 0.132 e. The van der Waals surface area contributed by atoms with E-state index < -0.39 is 11.9 Å². The molecule has 0 bridgehead atoms. The van der Waals surface area contributed by atoms with Gasteiger partial charge in [-0.3, -0.25) is 4.98 Å². The second-order valence-electron chi connectivity index (χ2n) is 4.38. The lowest BCUT2D eigenvalue weighted by atomic mass is 9.94. The molecular formula is C15H16FNO2. The van der Waals surface area contributed by atoms with E-state index in [1.54, 1.807) is 18.3 Å². The van der Waals surface area contributed by atoms with Gasteiger partial charge in [-0.2, -0.15) is 0 Å². The Balaban J connectivity index is 2.26. The predicted octanol–water partition coefficient (Wildman–Crippen LogP) is 3.07. The molecule has 0 saturated carbocycles. The Hall–Kier alpha value is -1.94. The summed E-state index contributed by atoms with van der Waals surface area (Å²) in [4.78, 5) is 4.18. The number of hydrogen-bond acceptors (Lipinski definition) is 3. The highest BCUT2D eigenvalue weighted by Crippen LogP contribution is 2.32. The van der Waals surface area contributed by atoms with Gasteiger partial charge in [-0.05, 0) is 24.3 Å². The lowest BCUT2D eigenvalue weighted by molar-refractivity contribution is 0.145. The number of halogens is 1. The first kappa shape index (κ1) is 13.5. The minimum atomic E-state index is -0.944. The van der Waals surface area contributed by atoms with E-state index in [-0.39, 0.29) is 11.5 Å². The van der Waals surface area contributed by atoms with E-state index in [0.29, 0.717) is 5.75 Å². The maximum atomic E-state index is 13.9. The molecule has 0 amide bonds. The quantitative estimate of drug-likeness (QED) is 0.919. The van der Waals surface area contributed by atoms with Crippen LogP contribution in [-0.4, -0.2) is 17.2 Å². The SMILES string of the molecule is COc1ccc(C(O)C(C)c2ccccn2)c(F)c1. The number of aromatic nitrogens is 1. The first-order chi connectivity index (χ1) is 9.13. The molecular weight excluding hydrogens is 245 g/mol. The summed E-state index contributed by atoms with van der Waals surface area (Å²) in [5.41, 5.74) is 0.976. The summed E-state index contributed by atoms with van der Waals surface area (Å²) < 4.78 is 18.8. The number of hydrogen-bond donors (Lipinski definition) is 1. The maximum Gasteiger partial charge on any atom is 0.132 e. The van der Waals surface area contributed by atoms with Gasteiger partial charge in [0.25, 0.3) is 0 Å². The lowest BCUT2D eigenvalue weighted by Crippen LogP contribution is -2.10. The van der Waals surface area contributed by atoms with E-state index in [1.807, 2.05) is 19.1 Å². The zero-order valence-corrected chi connectivity index (χ0v) is 10.9. The molecule has 0 aliphatic heterocycles. The molecule has 0 radical (unpaired) electrons. The van der Waals surface area contributed by atoms with Crippen molar-refractivity contribution in [1.82, 2.24) is 4.98 Å². The van der Waals surface area contributed by atoms with Crippen LogP contribution in [0.15, 0.2) is 42.6 Å². The van der Waals surface area contributed by atoms with Gasteiger partial charge in [-0.1, -0.05) is 13.0 Å². The monoisotopic (exact) mass is 261 g/mol. The molecule has 100 valence electrons. The van der Waals surface area contributed by atoms with Crippen molar-refractivity contribution < 1.29 is 14.2 Å². The van der Waals surface area contributed by atoms with Crippen LogP contribution in [-0.2, 0) is 0 Å². The number of nitrogens with zero attached hydrogens (tertiary/aromatic N) is 1. The topological polar surface area (TPSA) is 42.4 Å². The zero-order chi connectivity index (χ0) is 13.8. The van der Waals surface area contributed by atoms with E-state index in [0.717, 1.165) is 5.69 Å². The largest absolute Gasteiger partial charge is 0.497 e. The fourth-order valence-corrected chi connectivity index (χ4v) is 1.95. The van der Waals surface area contributed by atoms with Crippen LogP contribution in [0.4, 0.5) is 4.39 Å². The number of methoxy groups -OCH3 is 1. The van der Waals surface area contributed by atoms with Crippen molar-refractivity contribution in [3.63, 3.8) is 0 Å².